The average molecular weight is 499 g/mol. The highest BCUT2D eigenvalue weighted by atomic mass is 16.5. The van der Waals surface area contributed by atoms with Gasteiger partial charge in [0.1, 0.15) is 48.5 Å². The fraction of sp³-hybridized carbons (Fsp3) is 0.360. The molecule has 3 heterocycles. The number of hydrogen-bond acceptors (Lipinski definition) is 6. The molecule has 2 aromatic rings. The second kappa shape index (κ2) is 9.74. The fourth-order valence-corrected chi connectivity index (χ4v) is 5.47. The van der Waals surface area contributed by atoms with Crippen molar-refractivity contribution in [3.8, 4) is 5.75 Å². The molecule has 3 aliphatic heterocycles. The smallest absolute Gasteiger partial charge is 0.254 e. The third-order valence-corrected chi connectivity index (χ3v) is 7.31. The third kappa shape index (κ3) is 4.77. The van der Waals surface area contributed by atoms with Crippen LogP contribution in [0.15, 0.2) is 36.4 Å². The summed E-state index contributed by atoms with van der Waals surface area (Å²) >= 11 is 0. The molecule has 0 saturated carbocycles. The van der Waals surface area contributed by atoms with Crippen LogP contribution in [0.4, 0.5) is 0 Å². The minimum atomic E-state index is -0.799. The number of rotatable bonds is 6. The van der Waals surface area contributed by atoms with Crippen LogP contribution >= 0.6 is 0 Å². The van der Waals surface area contributed by atoms with Crippen LogP contribution in [0.5, 0.6) is 5.75 Å². The Balaban J connectivity index is 1.34. The first-order valence-corrected chi connectivity index (χ1v) is 12.5. The summed E-state index contributed by atoms with van der Waals surface area (Å²) in [6.07, 6.45) is 0.496. The van der Waals surface area contributed by atoms with E-state index in [1.807, 2.05) is 59.9 Å². The van der Waals surface area contributed by atoms with Crippen LogP contribution in [-0.4, -0.2) is 82.8 Å². The lowest BCUT2D eigenvalue weighted by atomic mass is 9.57. The van der Waals surface area contributed by atoms with Gasteiger partial charge in [0.2, 0.25) is 17.7 Å². The van der Waals surface area contributed by atoms with E-state index < -0.39 is 17.3 Å². The van der Waals surface area contributed by atoms with Gasteiger partial charge in [-0.3, -0.25) is 24.5 Å². The summed E-state index contributed by atoms with van der Waals surface area (Å²) in [5.41, 5.74) is 4.14. The molecule has 1 N–H and O–H groups in total. The number of ether oxygens (including phenoxy) is 2. The van der Waals surface area contributed by atoms with E-state index in [9.17, 15) is 19.2 Å². The molecule has 0 aromatic heterocycles. The first kappa shape index (κ1) is 25.1. The monoisotopic (exact) mass is 499 g/mol. The van der Waals surface area contributed by atoms with Crippen molar-refractivity contribution in [3.63, 3.8) is 0 Å². The van der Waals surface area contributed by atoms with Gasteiger partial charge < -0.3 is 19.3 Å². The Hall–Kier alpha value is -3.53. The highest BCUT2D eigenvalue weighted by Crippen LogP contribution is 2.42. The van der Waals surface area contributed by atoms with Crippen molar-refractivity contribution in [3.05, 3.63) is 58.7 Å². The predicted molar refractivity (Wildman–Crippen MR) is 143 cm³/mol. The van der Waals surface area contributed by atoms with Crippen LogP contribution in [0.3, 0.4) is 0 Å². The van der Waals surface area contributed by atoms with E-state index >= 15 is 0 Å². The van der Waals surface area contributed by atoms with E-state index in [4.69, 9.17) is 9.47 Å². The molecule has 3 aliphatic rings. The van der Waals surface area contributed by atoms with Crippen LogP contribution in [0.1, 0.15) is 39.9 Å². The lowest BCUT2D eigenvalue weighted by molar-refractivity contribution is -0.143. The molecule has 37 heavy (non-hydrogen) atoms. The van der Waals surface area contributed by atoms with Gasteiger partial charge in [-0.1, -0.05) is 35.8 Å². The highest BCUT2D eigenvalue weighted by Gasteiger charge is 2.50. The van der Waals surface area contributed by atoms with Crippen molar-refractivity contribution in [1.29, 1.82) is 0 Å². The maximum atomic E-state index is 13.5. The van der Waals surface area contributed by atoms with Gasteiger partial charge in [-0.05, 0) is 23.6 Å². The standard InChI is InChI=1S/C25H28B3N3O6/c26-16-9-17-22(25(27,28)31(24(17)35)18-5-6-20(32)29-23(18)34)19(10-16)37-12-15-3-1-14(2-4-15)11-30-7-8-36-13-21(30)33/h1-4,9-10,18H,5-8,11-13,26-28H2,(H,29,32,34). The normalized spacial score (nSPS) is 21.1. The van der Waals surface area contributed by atoms with Gasteiger partial charge >= 0.3 is 0 Å². The molecular formula is C25H28B3N3O6. The second-order valence-corrected chi connectivity index (χ2v) is 10.4. The van der Waals surface area contributed by atoms with E-state index in [0.717, 1.165) is 22.2 Å². The molecule has 2 saturated heterocycles. The average Bonchev–Trinajstić information content (AvgIpc) is 3.05. The van der Waals surface area contributed by atoms with Gasteiger partial charge in [-0.2, -0.15) is 0 Å². The quantitative estimate of drug-likeness (QED) is 0.349. The van der Waals surface area contributed by atoms with Crippen molar-refractivity contribution < 1.29 is 28.7 Å². The number of carbonyl (C=O) groups is 4. The molecular weight excluding hydrogens is 471 g/mol. The molecule has 12 heteroatoms. The second-order valence-electron chi connectivity index (χ2n) is 10.4. The van der Waals surface area contributed by atoms with Crippen LogP contribution in [0.25, 0.3) is 0 Å². The summed E-state index contributed by atoms with van der Waals surface area (Å²) in [4.78, 5) is 53.2. The summed E-state index contributed by atoms with van der Waals surface area (Å²) in [5.74, 6) is -0.388. The minimum Gasteiger partial charge on any atom is -0.489 e. The number of carbonyl (C=O) groups excluding carboxylic acids is 4. The molecule has 5 rings (SSSR count). The lowest BCUT2D eigenvalue weighted by Gasteiger charge is -2.40. The largest absolute Gasteiger partial charge is 0.489 e. The van der Waals surface area contributed by atoms with E-state index in [1.54, 1.807) is 9.80 Å². The van der Waals surface area contributed by atoms with Gasteiger partial charge in [0.25, 0.3) is 5.91 Å². The van der Waals surface area contributed by atoms with E-state index in [1.165, 1.54) is 0 Å². The SMILES string of the molecule is Bc1cc(OCc2ccc(CN3CCOCC3=O)cc2)c2c(c1)C(=O)N(C1CCC(=O)NC1=O)C2(B)B. The molecule has 9 nitrogen and oxygen atoms in total. The van der Waals surface area contributed by atoms with Crippen LogP contribution in [-0.2, 0) is 37.6 Å². The Morgan fingerprint density at radius 2 is 1.81 bits per heavy atom. The molecule has 2 aromatic carbocycles. The molecule has 188 valence electrons. The van der Waals surface area contributed by atoms with Crippen molar-refractivity contribution in [2.24, 2.45) is 0 Å². The van der Waals surface area contributed by atoms with Crippen LogP contribution in [0, 0.1) is 0 Å². The number of fused-ring (bicyclic) bond motifs is 1. The number of nitrogens with one attached hydrogen (secondary N) is 1. The van der Waals surface area contributed by atoms with Crippen molar-refractivity contribution in [1.82, 2.24) is 15.1 Å². The number of hydrogen-bond donors (Lipinski definition) is 1. The highest BCUT2D eigenvalue weighted by molar-refractivity contribution is 6.44. The number of imide groups is 1. The van der Waals surface area contributed by atoms with E-state index in [2.05, 4.69) is 5.32 Å². The molecule has 4 amide bonds. The molecule has 0 bridgehead atoms. The summed E-state index contributed by atoms with van der Waals surface area (Å²) < 4.78 is 11.5. The zero-order chi connectivity index (χ0) is 26.3. The molecule has 1 unspecified atom stereocenters. The van der Waals surface area contributed by atoms with Gasteiger partial charge in [-0.25, -0.2) is 0 Å². The number of morpholine rings is 1. The number of piperidine rings is 1. The lowest BCUT2D eigenvalue weighted by Crippen LogP contribution is -2.59. The third-order valence-electron chi connectivity index (χ3n) is 7.31. The van der Waals surface area contributed by atoms with Gasteiger partial charge in [0.15, 0.2) is 0 Å². The Morgan fingerprint density at radius 3 is 2.51 bits per heavy atom. The Kier molecular flexibility index (Phi) is 6.62. The van der Waals surface area contributed by atoms with Gasteiger partial charge in [0, 0.05) is 36.0 Å². The first-order valence-electron chi connectivity index (χ1n) is 12.5. The molecule has 1 atom stereocenters. The van der Waals surface area contributed by atoms with E-state index in [0.29, 0.717) is 44.0 Å². The van der Waals surface area contributed by atoms with Crippen LogP contribution < -0.4 is 15.5 Å². The maximum absolute atomic E-state index is 13.5. The topological polar surface area (TPSA) is 105 Å². The Morgan fingerprint density at radius 1 is 1.08 bits per heavy atom. The number of benzene rings is 2. The van der Waals surface area contributed by atoms with Crippen molar-refractivity contribution in [2.45, 2.75) is 37.4 Å². The molecule has 2 fully saturated rings. The Bertz CT molecular complexity index is 1280. The zero-order valence-corrected chi connectivity index (χ0v) is 21.3. The predicted octanol–water partition coefficient (Wildman–Crippen LogP) is -2.48. The molecule has 0 aliphatic carbocycles. The van der Waals surface area contributed by atoms with Gasteiger partial charge in [0.05, 0.1) is 6.61 Å². The minimum absolute atomic E-state index is 0.00419. The first-order chi connectivity index (χ1) is 17.6. The molecule has 0 spiro atoms. The van der Waals surface area contributed by atoms with Crippen LogP contribution in [0.2, 0.25) is 0 Å². The number of amides is 4. The van der Waals surface area contributed by atoms with E-state index in [-0.39, 0.29) is 30.7 Å². The van der Waals surface area contributed by atoms with Crippen molar-refractivity contribution in [2.75, 3.05) is 19.8 Å². The summed E-state index contributed by atoms with van der Waals surface area (Å²) in [7, 11) is 5.72. The Labute approximate surface area is 218 Å². The fourth-order valence-electron chi connectivity index (χ4n) is 5.47. The van der Waals surface area contributed by atoms with Gasteiger partial charge in [-0.15, -0.1) is 0 Å². The summed E-state index contributed by atoms with van der Waals surface area (Å²) in [6.45, 7) is 2.12. The van der Waals surface area contributed by atoms with Crippen molar-refractivity contribution >= 4 is 52.6 Å². The summed E-state index contributed by atoms with van der Waals surface area (Å²) in [5, 5.41) is 1.57. The maximum Gasteiger partial charge on any atom is 0.254 e. The molecule has 0 radical (unpaired) electrons. The summed E-state index contributed by atoms with van der Waals surface area (Å²) in [6, 6.07) is 11.0. The zero-order valence-electron chi connectivity index (χ0n) is 21.3. The number of nitrogens with zero attached hydrogens (tertiary/aromatic N) is 2.